The van der Waals surface area contributed by atoms with E-state index in [1.165, 1.54) is 0 Å². The largest absolute Gasteiger partial charge is 0.324 e. The standard InChI is InChI=1S/C14H22N2O/c1-5-9(2)12(15)14(17)16-13-10(3)7-6-8-11(13)4/h6-9,12H,5,15H2,1-4H3,(H,16,17)/t9?,12-/m0/s1. The van der Waals surface area contributed by atoms with Crippen LogP contribution in [-0.4, -0.2) is 11.9 Å². The number of nitrogens with one attached hydrogen (secondary N) is 1. The van der Waals surface area contributed by atoms with Crippen LogP contribution in [0.25, 0.3) is 0 Å². The Bertz CT molecular complexity index is 381. The van der Waals surface area contributed by atoms with E-state index in [-0.39, 0.29) is 11.8 Å². The van der Waals surface area contributed by atoms with Gasteiger partial charge in [-0.2, -0.15) is 0 Å². The molecule has 0 radical (unpaired) electrons. The zero-order valence-electron chi connectivity index (χ0n) is 11.1. The molecule has 0 fully saturated rings. The number of aryl methyl sites for hydroxylation is 2. The highest BCUT2D eigenvalue weighted by molar-refractivity contribution is 5.96. The van der Waals surface area contributed by atoms with E-state index in [2.05, 4.69) is 5.32 Å². The number of anilines is 1. The van der Waals surface area contributed by atoms with Gasteiger partial charge in [-0.1, -0.05) is 38.5 Å². The molecule has 0 aromatic heterocycles. The average molecular weight is 234 g/mol. The Balaban J connectivity index is 2.81. The van der Waals surface area contributed by atoms with Crippen LogP contribution in [0.3, 0.4) is 0 Å². The Hall–Kier alpha value is -1.35. The van der Waals surface area contributed by atoms with Crippen molar-refractivity contribution < 1.29 is 4.79 Å². The summed E-state index contributed by atoms with van der Waals surface area (Å²) < 4.78 is 0. The zero-order chi connectivity index (χ0) is 13.0. The van der Waals surface area contributed by atoms with Crippen LogP contribution in [0.1, 0.15) is 31.4 Å². The molecule has 1 aromatic carbocycles. The van der Waals surface area contributed by atoms with Gasteiger partial charge in [0.2, 0.25) is 5.91 Å². The highest BCUT2D eigenvalue weighted by Crippen LogP contribution is 2.20. The third kappa shape index (κ3) is 3.30. The highest BCUT2D eigenvalue weighted by atomic mass is 16.2. The lowest BCUT2D eigenvalue weighted by molar-refractivity contribution is -0.118. The van der Waals surface area contributed by atoms with Crippen LogP contribution in [0, 0.1) is 19.8 Å². The summed E-state index contributed by atoms with van der Waals surface area (Å²) in [4.78, 5) is 12.0. The number of para-hydroxylation sites is 1. The molecular weight excluding hydrogens is 212 g/mol. The first-order chi connectivity index (χ1) is 7.97. The van der Waals surface area contributed by atoms with Crippen molar-refractivity contribution in [3.8, 4) is 0 Å². The molecule has 0 aliphatic carbocycles. The van der Waals surface area contributed by atoms with Gasteiger partial charge in [-0.05, 0) is 30.9 Å². The van der Waals surface area contributed by atoms with E-state index in [1.54, 1.807) is 0 Å². The fourth-order valence-corrected chi connectivity index (χ4v) is 1.73. The van der Waals surface area contributed by atoms with Crippen molar-refractivity contribution in [2.45, 2.75) is 40.2 Å². The van der Waals surface area contributed by atoms with Gasteiger partial charge in [0, 0.05) is 5.69 Å². The summed E-state index contributed by atoms with van der Waals surface area (Å²) in [7, 11) is 0. The Morgan fingerprint density at radius 2 is 1.88 bits per heavy atom. The van der Waals surface area contributed by atoms with E-state index in [4.69, 9.17) is 5.73 Å². The number of benzene rings is 1. The molecule has 0 saturated heterocycles. The quantitative estimate of drug-likeness (QED) is 0.841. The molecule has 1 unspecified atom stereocenters. The molecule has 0 aliphatic rings. The maximum absolute atomic E-state index is 12.0. The predicted octanol–water partition coefficient (Wildman–Crippen LogP) is 2.62. The van der Waals surface area contributed by atoms with Gasteiger partial charge < -0.3 is 11.1 Å². The van der Waals surface area contributed by atoms with E-state index in [0.717, 1.165) is 23.2 Å². The van der Waals surface area contributed by atoms with E-state index >= 15 is 0 Å². The molecule has 3 heteroatoms. The number of hydrogen-bond donors (Lipinski definition) is 2. The maximum Gasteiger partial charge on any atom is 0.241 e. The molecule has 0 heterocycles. The summed E-state index contributed by atoms with van der Waals surface area (Å²) in [6, 6.07) is 5.50. The fourth-order valence-electron chi connectivity index (χ4n) is 1.73. The van der Waals surface area contributed by atoms with Crippen LogP contribution >= 0.6 is 0 Å². The van der Waals surface area contributed by atoms with E-state index in [9.17, 15) is 4.79 Å². The molecule has 0 spiro atoms. The van der Waals surface area contributed by atoms with Crippen molar-refractivity contribution in [2.75, 3.05) is 5.32 Å². The first kappa shape index (κ1) is 13.7. The topological polar surface area (TPSA) is 55.1 Å². The minimum absolute atomic E-state index is 0.100. The lowest BCUT2D eigenvalue weighted by atomic mass is 9.99. The molecule has 0 bridgehead atoms. The lowest BCUT2D eigenvalue weighted by Gasteiger charge is -2.19. The Morgan fingerprint density at radius 1 is 1.35 bits per heavy atom. The van der Waals surface area contributed by atoms with Crippen molar-refractivity contribution in [2.24, 2.45) is 11.7 Å². The molecule has 94 valence electrons. The average Bonchev–Trinajstić information content (AvgIpc) is 2.31. The van der Waals surface area contributed by atoms with Crippen LogP contribution in [0.15, 0.2) is 18.2 Å². The van der Waals surface area contributed by atoms with Gasteiger partial charge in [0.15, 0.2) is 0 Å². The van der Waals surface area contributed by atoms with Gasteiger partial charge >= 0.3 is 0 Å². The number of rotatable bonds is 4. The first-order valence-corrected chi connectivity index (χ1v) is 6.10. The summed E-state index contributed by atoms with van der Waals surface area (Å²) in [6.45, 7) is 8.00. The van der Waals surface area contributed by atoms with E-state index in [0.29, 0.717) is 0 Å². The molecule has 1 amide bonds. The van der Waals surface area contributed by atoms with Gasteiger partial charge in [0.05, 0.1) is 6.04 Å². The number of hydrogen-bond acceptors (Lipinski definition) is 2. The maximum atomic E-state index is 12.0. The van der Waals surface area contributed by atoms with Crippen LogP contribution in [0.2, 0.25) is 0 Å². The minimum atomic E-state index is -0.445. The van der Waals surface area contributed by atoms with Gasteiger partial charge in [-0.15, -0.1) is 0 Å². The Labute approximate surface area is 103 Å². The van der Waals surface area contributed by atoms with Crippen molar-refractivity contribution in [3.05, 3.63) is 29.3 Å². The molecule has 0 aliphatic heterocycles. The second kappa shape index (κ2) is 5.82. The summed E-state index contributed by atoms with van der Waals surface area (Å²) in [5, 5.41) is 2.93. The van der Waals surface area contributed by atoms with Gasteiger partial charge in [0.1, 0.15) is 0 Å². The number of nitrogens with two attached hydrogens (primary N) is 1. The van der Waals surface area contributed by atoms with Gasteiger partial charge in [-0.3, -0.25) is 4.79 Å². The third-order valence-electron chi connectivity index (χ3n) is 3.29. The van der Waals surface area contributed by atoms with Gasteiger partial charge in [-0.25, -0.2) is 0 Å². The number of amides is 1. The summed E-state index contributed by atoms with van der Waals surface area (Å²) in [6.07, 6.45) is 0.904. The number of carbonyl (C=O) groups is 1. The van der Waals surface area contributed by atoms with E-state index in [1.807, 2.05) is 45.9 Å². The predicted molar refractivity (Wildman–Crippen MR) is 72.0 cm³/mol. The molecule has 0 saturated carbocycles. The van der Waals surface area contributed by atoms with Crippen LogP contribution in [0.4, 0.5) is 5.69 Å². The summed E-state index contributed by atoms with van der Waals surface area (Å²) in [5.74, 6) is 0.0936. The second-order valence-electron chi connectivity index (χ2n) is 4.67. The normalized spacial score (nSPS) is 14.2. The highest BCUT2D eigenvalue weighted by Gasteiger charge is 2.20. The molecule has 3 N–H and O–H groups in total. The van der Waals surface area contributed by atoms with Crippen molar-refractivity contribution in [3.63, 3.8) is 0 Å². The van der Waals surface area contributed by atoms with Gasteiger partial charge in [0.25, 0.3) is 0 Å². The first-order valence-electron chi connectivity index (χ1n) is 6.10. The fraction of sp³-hybridized carbons (Fsp3) is 0.500. The van der Waals surface area contributed by atoms with Crippen molar-refractivity contribution in [1.29, 1.82) is 0 Å². The van der Waals surface area contributed by atoms with Crippen LogP contribution in [-0.2, 0) is 4.79 Å². The Kier molecular flexibility index (Phi) is 4.70. The number of carbonyl (C=O) groups excluding carboxylic acids is 1. The SMILES string of the molecule is CCC(C)[C@H](N)C(=O)Nc1c(C)cccc1C. The van der Waals surface area contributed by atoms with Crippen molar-refractivity contribution in [1.82, 2.24) is 0 Å². The summed E-state index contributed by atoms with van der Waals surface area (Å²) >= 11 is 0. The van der Waals surface area contributed by atoms with Crippen LogP contribution in [0.5, 0.6) is 0 Å². The third-order valence-corrected chi connectivity index (χ3v) is 3.29. The van der Waals surface area contributed by atoms with Crippen molar-refractivity contribution >= 4 is 11.6 Å². The molecule has 1 rings (SSSR count). The molecule has 1 aromatic rings. The summed E-state index contributed by atoms with van der Waals surface area (Å²) in [5.41, 5.74) is 8.92. The molecule has 17 heavy (non-hydrogen) atoms. The van der Waals surface area contributed by atoms with Crippen LogP contribution < -0.4 is 11.1 Å². The monoisotopic (exact) mass is 234 g/mol. The molecule has 3 nitrogen and oxygen atoms in total. The lowest BCUT2D eigenvalue weighted by Crippen LogP contribution is -2.40. The van der Waals surface area contributed by atoms with E-state index < -0.39 is 6.04 Å². The molecular formula is C14H22N2O. The second-order valence-corrected chi connectivity index (χ2v) is 4.67. The smallest absolute Gasteiger partial charge is 0.241 e. The minimum Gasteiger partial charge on any atom is -0.324 e. The molecule has 2 atom stereocenters. The Morgan fingerprint density at radius 3 is 2.35 bits per heavy atom. The zero-order valence-corrected chi connectivity index (χ0v) is 11.1.